The Kier molecular flexibility index (Phi) is 3.59. The van der Waals surface area contributed by atoms with Crippen molar-refractivity contribution in [1.82, 2.24) is 15.5 Å². The second-order valence-corrected chi connectivity index (χ2v) is 3.88. The van der Waals surface area contributed by atoms with Crippen LogP contribution in [0.25, 0.3) is 0 Å². The first kappa shape index (κ1) is 12.1. The number of carbonyl (C=O) groups excluding carboxylic acids is 1. The van der Waals surface area contributed by atoms with Crippen molar-refractivity contribution in [2.45, 2.75) is 13.1 Å². The maximum absolute atomic E-state index is 11.7. The summed E-state index contributed by atoms with van der Waals surface area (Å²) in [6.45, 7) is 0.854. The first-order valence-electron chi connectivity index (χ1n) is 5.53. The summed E-state index contributed by atoms with van der Waals surface area (Å²) in [7, 11) is 0. The van der Waals surface area contributed by atoms with Crippen LogP contribution < -0.4 is 16.6 Å². The SMILES string of the molecule is NCc1cccc(CNC(=O)c2cc(=O)[nH][nH]2)c1. The van der Waals surface area contributed by atoms with Gasteiger partial charge in [-0.15, -0.1) is 0 Å². The molecule has 18 heavy (non-hydrogen) atoms. The van der Waals surface area contributed by atoms with Crippen molar-refractivity contribution in [3.05, 3.63) is 57.5 Å². The Morgan fingerprint density at radius 1 is 1.22 bits per heavy atom. The molecule has 0 aliphatic rings. The molecule has 0 aliphatic heterocycles. The fourth-order valence-corrected chi connectivity index (χ4v) is 1.60. The van der Waals surface area contributed by atoms with Gasteiger partial charge in [0, 0.05) is 19.2 Å². The smallest absolute Gasteiger partial charge is 0.269 e. The van der Waals surface area contributed by atoms with Crippen LogP contribution in [0.1, 0.15) is 21.6 Å². The minimum Gasteiger partial charge on any atom is -0.347 e. The zero-order chi connectivity index (χ0) is 13.0. The lowest BCUT2D eigenvalue weighted by molar-refractivity contribution is 0.0946. The predicted octanol–water partition coefficient (Wildman–Crippen LogP) is 0.0917. The van der Waals surface area contributed by atoms with Gasteiger partial charge in [-0.25, -0.2) is 0 Å². The Hall–Kier alpha value is -2.34. The van der Waals surface area contributed by atoms with Gasteiger partial charge in [0.1, 0.15) is 5.69 Å². The maximum atomic E-state index is 11.7. The molecule has 2 rings (SSSR count). The number of nitrogens with two attached hydrogens (primary N) is 1. The molecule has 0 radical (unpaired) electrons. The number of nitrogens with one attached hydrogen (secondary N) is 3. The average Bonchev–Trinajstić information content (AvgIpc) is 2.83. The first-order chi connectivity index (χ1) is 8.69. The van der Waals surface area contributed by atoms with Crippen molar-refractivity contribution in [3.63, 3.8) is 0 Å². The molecular formula is C12H14N4O2. The fraction of sp³-hybridized carbons (Fsp3) is 0.167. The average molecular weight is 246 g/mol. The van der Waals surface area contributed by atoms with E-state index in [1.807, 2.05) is 24.3 Å². The van der Waals surface area contributed by atoms with Crippen molar-refractivity contribution < 1.29 is 4.79 Å². The summed E-state index contributed by atoms with van der Waals surface area (Å²) in [6.07, 6.45) is 0. The number of aromatic amines is 2. The minimum atomic E-state index is -0.328. The largest absolute Gasteiger partial charge is 0.347 e. The zero-order valence-electron chi connectivity index (χ0n) is 9.69. The van der Waals surface area contributed by atoms with Crippen molar-refractivity contribution >= 4 is 5.91 Å². The lowest BCUT2D eigenvalue weighted by Crippen LogP contribution is -2.23. The van der Waals surface area contributed by atoms with Gasteiger partial charge in [-0.2, -0.15) is 0 Å². The third kappa shape index (κ3) is 2.86. The van der Waals surface area contributed by atoms with Crippen molar-refractivity contribution in [1.29, 1.82) is 0 Å². The third-order valence-corrected chi connectivity index (χ3v) is 2.52. The van der Waals surface area contributed by atoms with Gasteiger partial charge in [0.2, 0.25) is 0 Å². The number of hydrogen-bond acceptors (Lipinski definition) is 3. The summed E-state index contributed by atoms with van der Waals surface area (Å²) in [5.74, 6) is -0.327. The Labute approximate surface area is 103 Å². The number of H-pyrrole nitrogens is 2. The van der Waals surface area contributed by atoms with Crippen LogP contribution in [0.4, 0.5) is 0 Å². The van der Waals surface area contributed by atoms with E-state index in [0.29, 0.717) is 13.1 Å². The Balaban J connectivity index is 1.99. The standard InChI is InChI=1S/C12H14N4O2/c13-6-8-2-1-3-9(4-8)7-14-12(18)10-5-11(17)16-15-10/h1-5H,6-7,13H2,(H,14,18)(H2,15,16,17). The van der Waals surface area contributed by atoms with E-state index in [0.717, 1.165) is 11.1 Å². The van der Waals surface area contributed by atoms with E-state index in [9.17, 15) is 9.59 Å². The third-order valence-electron chi connectivity index (χ3n) is 2.52. The summed E-state index contributed by atoms with van der Waals surface area (Å²) in [6, 6.07) is 8.86. The quantitative estimate of drug-likeness (QED) is 0.614. The number of rotatable bonds is 4. The van der Waals surface area contributed by atoms with E-state index in [4.69, 9.17) is 5.73 Å². The van der Waals surface area contributed by atoms with Crippen LogP contribution >= 0.6 is 0 Å². The van der Waals surface area contributed by atoms with Crippen LogP contribution in [0, 0.1) is 0 Å². The summed E-state index contributed by atoms with van der Waals surface area (Å²) >= 11 is 0. The number of carbonyl (C=O) groups is 1. The van der Waals surface area contributed by atoms with E-state index < -0.39 is 0 Å². The van der Waals surface area contributed by atoms with Crippen LogP contribution in [-0.2, 0) is 13.1 Å². The molecule has 0 spiro atoms. The fourth-order valence-electron chi connectivity index (χ4n) is 1.60. The van der Waals surface area contributed by atoms with Crippen LogP contribution in [-0.4, -0.2) is 16.1 Å². The highest BCUT2D eigenvalue weighted by molar-refractivity contribution is 5.91. The van der Waals surface area contributed by atoms with E-state index in [1.165, 1.54) is 6.07 Å². The molecular weight excluding hydrogens is 232 g/mol. The second-order valence-electron chi connectivity index (χ2n) is 3.88. The van der Waals surface area contributed by atoms with Crippen LogP contribution in [0.3, 0.4) is 0 Å². The summed E-state index contributed by atoms with van der Waals surface area (Å²) in [5, 5.41) is 7.51. The predicted molar refractivity (Wildman–Crippen MR) is 66.9 cm³/mol. The molecule has 1 heterocycles. The summed E-state index contributed by atoms with van der Waals surface area (Å²) < 4.78 is 0. The van der Waals surface area contributed by atoms with Crippen molar-refractivity contribution in [2.24, 2.45) is 5.73 Å². The molecule has 0 fully saturated rings. The van der Waals surface area contributed by atoms with Crippen molar-refractivity contribution in [3.8, 4) is 0 Å². The number of aromatic nitrogens is 2. The van der Waals surface area contributed by atoms with Gasteiger partial charge in [0.25, 0.3) is 11.5 Å². The molecule has 0 saturated carbocycles. The van der Waals surface area contributed by atoms with Crippen LogP contribution in [0.15, 0.2) is 35.1 Å². The van der Waals surface area contributed by atoms with Gasteiger partial charge in [-0.3, -0.25) is 19.8 Å². The molecule has 0 aliphatic carbocycles. The summed E-state index contributed by atoms with van der Waals surface area (Å²) in [5.41, 5.74) is 7.40. The summed E-state index contributed by atoms with van der Waals surface area (Å²) in [4.78, 5) is 22.5. The van der Waals surface area contributed by atoms with Crippen LogP contribution in [0.5, 0.6) is 0 Å². The van der Waals surface area contributed by atoms with Gasteiger partial charge >= 0.3 is 0 Å². The van der Waals surface area contributed by atoms with Gasteiger partial charge in [0.05, 0.1) is 0 Å². The molecule has 0 saturated heterocycles. The monoisotopic (exact) mass is 246 g/mol. The lowest BCUT2D eigenvalue weighted by Gasteiger charge is -2.05. The second kappa shape index (κ2) is 5.33. The lowest BCUT2D eigenvalue weighted by atomic mass is 10.1. The maximum Gasteiger partial charge on any atom is 0.269 e. The highest BCUT2D eigenvalue weighted by atomic mass is 16.2. The number of hydrogen-bond donors (Lipinski definition) is 4. The van der Waals surface area contributed by atoms with Gasteiger partial charge in [-0.05, 0) is 11.1 Å². The molecule has 1 aromatic carbocycles. The van der Waals surface area contributed by atoms with Gasteiger partial charge in [-0.1, -0.05) is 24.3 Å². The molecule has 0 atom stereocenters. The zero-order valence-corrected chi connectivity index (χ0v) is 9.69. The minimum absolute atomic E-state index is 0.218. The van der Waals surface area contributed by atoms with Crippen molar-refractivity contribution in [2.75, 3.05) is 0 Å². The number of amides is 1. The molecule has 0 unspecified atom stereocenters. The molecule has 94 valence electrons. The van der Waals surface area contributed by atoms with E-state index in [-0.39, 0.29) is 17.2 Å². The molecule has 1 aromatic heterocycles. The highest BCUT2D eigenvalue weighted by Crippen LogP contribution is 2.04. The van der Waals surface area contributed by atoms with Gasteiger partial charge in [0.15, 0.2) is 0 Å². The normalized spacial score (nSPS) is 10.3. The molecule has 6 nitrogen and oxygen atoms in total. The molecule has 5 N–H and O–H groups in total. The topological polar surface area (TPSA) is 104 Å². The van der Waals surface area contributed by atoms with E-state index in [2.05, 4.69) is 15.5 Å². The Morgan fingerprint density at radius 3 is 2.67 bits per heavy atom. The Morgan fingerprint density at radius 2 is 2.00 bits per heavy atom. The highest BCUT2D eigenvalue weighted by Gasteiger charge is 2.07. The molecule has 1 amide bonds. The molecule has 6 heteroatoms. The first-order valence-corrected chi connectivity index (χ1v) is 5.53. The Bertz CT molecular complexity index is 600. The van der Waals surface area contributed by atoms with Gasteiger partial charge < -0.3 is 11.1 Å². The number of benzene rings is 1. The molecule has 0 bridgehead atoms. The van der Waals surface area contributed by atoms with E-state index >= 15 is 0 Å². The van der Waals surface area contributed by atoms with Crippen LogP contribution in [0.2, 0.25) is 0 Å². The van der Waals surface area contributed by atoms with E-state index in [1.54, 1.807) is 0 Å². The molecule has 2 aromatic rings.